The lowest BCUT2D eigenvalue weighted by Crippen LogP contribution is -2.06. The van der Waals surface area contributed by atoms with E-state index in [1.807, 2.05) is 6.92 Å². The maximum atomic E-state index is 4.43. The Morgan fingerprint density at radius 2 is 2.35 bits per heavy atom. The molecule has 0 spiro atoms. The normalized spacial score (nSPS) is 10.9. The molecule has 0 fully saturated rings. The number of aromatic amines is 1. The lowest BCUT2D eigenvalue weighted by Gasteiger charge is -2.06. The second-order valence-electron chi connectivity index (χ2n) is 3.47. The molecule has 0 aliphatic rings. The first kappa shape index (κ1) is 9.76. The van der Waals surface area contributed by atoms with Crippen molar-refractivity contribution in [2.24, 2.45) is 0 Å². The fraction of sp³-hybridized carbons (Fsp3) is 0.200. The Morgan fingerprint density at radius 3 is 3.12 bits per heavy atom. The van der Waals surface area contributed by atoms with E-state index in [9.17, 15) is 0 Å². The van der Waals surface area contributed by atoms with Gasteiger partial charge in [0.05, 0.1) is 6.33 Å². The summed E-state index contributed by atoms with van der Waals surface area (Å²) in [4.78, 5) is 19.9. The molecule has 0 saturated heterocycles. The van der Waals surface area contributed by atoms with Crippen LogP contribution in [-0.4, -0.2) is 36.0 Å². The summed E-state index contributed by atoms with van der Waals surface area (Å²) >= 11 is 0. The molecule has 3 heterocycles. The maximum Gasteiger partial charge on any atom is 0.239 e. The zero-order valence-corrected chi connectivity index (χ0v) is 9.25. The van der Waals surface area contributed by atoms with Gasteiger partial charge in [-0.15, -0.1) is 0 Å². The van der Waals surface area contributed by atoms with Crippen LogP contribution in [0.25, 0.3) is 17.1 Å². The molecule has 0 aliphatic heterocycles. The van der Waals surface area contributed by atoms with Gasteiger partial charge in [0.2, 0.25) is 5.95 Å². The Morgan fingerprint density at radius 1 is 1.41 bits per heavy atom. The van der Waals surface area contributed by atoms with Crippen molar-refractivity contribution in [3.8, 4) is 5.95 Å². The van der Waals surface area contributed by atoms with Gasteiger partial charge in [-0.3, -0.25) is 4.57 Å². The molecule has 0 aliphatic carbocycles. The number of hydrogen-bond acceptors (Lipinski definition) is 5. The van der Waals surface area contributed by atoms with Gasteiger partial charge in [0.25, 0.3) is 0 Å². The maximum absolute atomic E-state index is 4.43. The average Bonchev–Trinajstić information content (AvgIpc) is 3.00. The van der Waals surface area contributed by atoms with Gasteiger partial charge in [0.1, 0.15) is 11.8 Å². The van der Waals surface area contributed by atoms with Gasteiger partial charge in [-0.25, -0.2) is 9.97 Å². The van der Waals surface area contributed by atoms with Crippen molar-refractivity contribution < 1.29 is 0 Å². The monoisotopic (exact) mass is 229 g/mol. The third-order valence-corrected chi connectivity index (χ3v) is 2.35. The zero-order chi connectivity index (χ0) is 11.7. The molecule has 0 radical (unpaired) electrons. The van der Waals surface area contributed by atoms with Gasteiger partial charge in [0.15, 0.2) is 11.5 Å². The largest absolute Gasteiger partial charge is 0.368 e. The highest BCUT2D eigenvalue weighted by Crippen LogP contribution is 2.17. The van der Waals surface area contributed by atoms with Crippen molar-refractivity contribution in [2.75, 3.05) is 11.9 Å². The standard InChI is InChI=1S/C10H11N7/c1-2-12-8-7-9(14-5-13-7)16-10(15-8)17-4-3-11-6-17/h3-6H,2H2,1H3,(H2,12,13,14,15,16). The molecule has 3 aromatic rings. The van der Waals surface area contributed by atoms with E-state index in [2.05, 4.69) is 30.2 Å². The van der Waals surface area contributed by atoms with E-state index >= 15 is 0 Å². The fourth-order valence-electron chi connectivity index (χ4n) is 1.61. The number of hydrogen-bond donors (Lipinski definition) is 2. The second-order valence-corrected chi connectivity index (χ2v) is 3.47. The first-order valence-electron chi connectivity index (χ1n) is 5.32. The molecule has 86 valence electrons. The van der Waals surface area contributed by atoms with Crippen molar-refractivity contribution in [3.05, 3.63) is 25.0 Å². The molecule has 0 atom stereocenters. The van der Waals surface area contributed by atoms with Crippen LogP contribution in [0.5, 0.6) is 0 Å². The quantitative estimate of drug-likeness (QED) is 0.699. The highest BCUT2D eigenvalue weighted by molar-refractivity contribution is 5.82. The lowest BCUT2D eigenvalue weighted by atomic mass is 10.5. The Hall–Kier alpha value is -2.44. The van der Waals surface area contributed by atoms with Crippen LogP contribution >= 0.6 is 0 Å². The molecule has 0 bridgehead atoms. The van der Waals surface area contributed by atoms with Gasteiger partial charge in [-0.1, -0.05) is 0 Å². The molecule has 0 saturated carbocycles. The highest BCUT2D eigenvalue weighted by Gasteiger charge is 2.09. The van der Waals surface area contributed by atoms with Crippen LogP contribution in [0.15, 0.2) is 25.0 Å². The van der Waals surface area contributed by atoms with Crippen molar-refractivity contribution in [3.63, 3.8) is 0 Å². The molecule has 3 rings (SSSR count). The molecular weight excluding hydrogens is 218 g/mol. The number of fused-ring (bicyclic) bond motifs is 1. The molecule has 2 N–H and O–H groups in total. The molecule has 0 amide bonds. The van der Waals surface area contributed by atoms with E-state index in [-0.39, 0.29) is 0 Å². The van der Waals surface area contributed by atoms with Crippen LogP contribution in [0.1, 0.15) is 6.92 Å². The number of anilines is 1. The van der Waals surface area contributed by atoms with Crippen molar-refractivity contribution in [1.29, 1.82) is 0 Å². The van der Waals surface area contributed by atoms with Crippen LogP contribution in [-0.2, 0) is 0 Å². The molecule has 0 aromatic carbocycles. The summed E-state index contributed by atoms with van der Waals surface area (Å²) in [6.07, 6.45) is 6.75. The van der Waals surface area contributed by atoms with Crippen molar-refractivity contribution >= 4 is 17.0 Å². The predicted molar refractivity (Wildman–Crippen MR) is 63.0 cm³/mol. The Balaban J connectivity index is 2.20. The Kier molecular flexibility index (Phi) is 2.21. The summed E-state index contributed by atoms with van der Waals surface area (Å²) in [6, 6.07) is 0. The highest BCUT2D eigenvalue weighted by atomic mass is 15.2. The van der Waals surface area contributed by atoms with Crippen LogP contribution < -0.4 is 5.32 Å². The van der Waals surface area contributed by atoms with Gasteiger partial charge < -0.3 is 10.3 Å². The molecular formula is C10H11N7. The molecule has 7 heteroatoms. The summed E-state index contributed by atoms with van der Waals surface area (Å²) < 4.78 is 1.74. The van der Waals surface area contributed by atoms with Crippen LogP contribution in [0.2, 0.25) is 0 Å². The minimum atomic E-state index is 0.554. The van der Waals surface area contributed by atoms with Crippen LogP contribution in [0, 0.1) is 0 Å². The smallest absolute Gasteiger partial charge is 0.239 e. The summed E-state index contributed by atoms with van der Waals surface area (Å²) in [5.74, 6) is 1.30. The summed E-state index contributed by atoms with van der Waals surface area (Å²) in [5.41, 5.74) is 1.45. The van der Waals surface area contributed by atoms with Crippen molar-refractivity contribution in [1.82, 2.24) is 29.5 Å². The summed E-state index contributed by atoms with van der Waals surface area (Å²) in [7, 11) is 0. The van der Waals surface area contributed by atoms with E-state index in [4.69, 9.17) is 0 Å². The average molecular weight is 229 g/mol. The van der Waals surface area contributed by atoms with Crippen LogP contribution in [0.4, 0.5) is 5.82 Å². The van der Waals surface area contributed by atoms with Crippen LogP contribution in [0.3, 0.4) is 0 Å². The van der Waals surface area contributed by atoms with Gasteiger partial charge in [-0.2, -0.15) is 9.97 Å². The first-order valence-corrected chi connectivity index (χ1v) is 5.32. The first-order chi connectivity index (χ1) is 8.38. The summed E-state index contributed by atoms with van der Waals surface area (Å²) in [6.45, 7) is 2.80. The third-order valence-electron chi connectivity index (χ3n) is 2.35. The Bertz CT molecular complexity index is 625. The molecule has 7 nitrogen and oxygen atoms in total. The molecule has 17 heavy (non-hydrogen) atoms. The summed E-state index contributed by atoms with van der Waals surface area (Å²) in [5, 5.41) is 3.18. The SMILES string of the molecule is CCNc1nc(-n2ccnc2)nc2nc[nH]c12. The van der Waals surface area contributed by atoms with E-state index in [1.54, 1.807) is 29.6 Å². The van der Waals surface area contributed by atoms with Gasteiger partial charge in [-0.05, 0) is 6.92 Å². The number of aromatic nitrogens is 6. The second kappa shape index (κ2) is 3.85. The number of nitrogens with zero attached hydrogens (tertiary/aromatic N) is 5. The number of H-pyrrole nitrogens is 1. The number of rotatable bonds is 3. The van der Waals surface area contributed by atoms with Gasteiger partial charge in [0, 0.05) is 18.9 Å². The zero-order valence-electron chi connectivity index (χ0n) is 9.25. The third kappa shape index (κ3) is 1.61. The molecule has 0 unspecified atom stereocenters. The predicted octanol–water partition coefficient (Wildman–Crippen LogP) is 0.970. The fourth-order valence-corrected chi connectivity index (χ4v) is 1.61. The molecule has 3 aromatic heterocycles. The minimum absolute atomic E-state index is 0.554. The number of imidazole rings is 2. The van der Waals surface area contributed by atoms with E-state index < -0.39 is 0 Å². The lowest BCUT2D eigenvalue weighted by molar-refractivity contribution is 0.935. The van der Waals surface area contributed by atoms with E-state index in [0.29, 0.717) is 11.6 Å². The number of nitrogens with one attached hydrogen (secondary N) is 2. The van der Waals surface area contributed by atoms with Gasteiger partial charge >= 0.3 is 0 Å². The van der Waals surface area contributed by atoms with E-state index in [0.717, 1.165) is 17.9 Å². The topological polar surface area (TPSA) is 84.3 Å². The minimum Gasteiger partial charge on any atom is -0.368 e. The Labute approximate surface area is 97.0 Å². The van der Waals surface area contributed by atoms with E-state index in [1.165, 1.54) is 0 Å². The van der Waals surface area contributed by atoms with Crippen molar-refractivity contribution in [2.45, 2.75) is 6.92 Å².